The molecule has 3 heteroatoms. The SMILES string of the molecule is O=C1CCCN1[C@H](CO)c1ccccc1. The zero-order valence-corrected chi connectivity index (χ0v) is 8.60. The molecule has 1 aromatic rings. The Bertz CT molecular complexity index is 337. The molecule has 1 aromatic carbocycles. The molecule has 3 nitrogen and oxygen atoms in total. The molecule has 0 bridgehead atoms. The first kappa shape index (κ1) is 10.2. The van der Waals surface area contributed by atoms with Gasteiger partial charge in [-0.05, 0) is 12.0 Å². The molecule has 1 amide bonds. The van der Waals surface area contributed by atoms with Crippen molar-refractivity contribution in [2.45, 2.75) is 18.9 Å². The molecule has 15 heavy (non-hydrogen) atoms. The quantitative estimate of drug-likeness (QED) is 0.809. The molecule has 0 radical (unpaired) electrons. The highest BCUT2D eigenvalue weighted by atomic mass is 16.3. The highest BCUT2D eigenvalue weighted by Gasteiger charge is 2.28. The Balaban J connectivity index is 2.20. The van der Waals surface area contributed by atoms with E-state index in [1.165, 1.54) is 0 Å². The van der Waals surface area contributed by atoms with E-state index in [0.717, 1.165) is 18.5 Å². The highest BCUT2D eigenvalue weighted by molar-refractivity contribution is 5.78. The van der Waals surface area contributed by atoms with Crippen molar-refractivity contribution in [3.05, 3.63) is 35.9 Å². The number of aliphatic hydroxyl groups excluding tert-OH is 1. The Morgan fingerprint density at radius 2 is 2.07 bits per heavy atom. The van der Waals surface area contributed by atoms with Crippen LogP contribution in [0.2, 0.25) is 0 Å². The van der Waals surface area contributed by atoms with Gasteiger partial charge in [-0.3, -0.25) is 4.79 Å². The van der Waals surface area contributed by atoms with Crippen LogP contribution in [0.3, 0.4) is 0 Å². The first-order valence-electron chi connectivity index (χ1n) is 5.28. The van der Waals surface area contributed by atoms with Gasteiger partial charge in [-0.25, -0.2) is 0 Å². The monoisotopic (exact) mass is 205 g/mol. The number of aliphatic hydroxyl groups is 1. The minimum atomic E-state index is -0.166. The topological polar surface area (TPSA) is 40.5 Å². The molecule has 1 heterocycles. The molecule has 0 aliphatic carbocycles. The fraction of sp³-hybridized carbons (Fsp3) is 0.417. The summed E-state index contributed by atoms with van der Waals surface area (Å²) < 4.78 is 0. The Hall–Kier alpha value is -1.35. The Labute approximate surface area is 89.3 Å². The van der Waals surface area contributed by atoms with Gasteiger partial charge in [0.2, 0.25) is 5.91 Å². The fourth-order valence-electron chi connectivity index (χ4n) is 2.06. The molecule has 80 valence electrons. The predicted molar refractivity (Wildman–Crippen MR) is 57.2 cm³/mol. The summed E-state index contributed by atoms with van der Waals surface area (Å²) in [6.07, 6.45) is 1.52. The number of carbonyl (C=O) groups excluding carboxylic acids is 1. The lowest BCUT2D eigenvalue weighted by Crippen LogP contribution is -2.31. The standard InChI is InChI=1S/C12H15NO2/c14-9-11(10-5-2-1-3-6-10)13-8-4-7-12(13)15/h1-3,5-6,11,14H,4,7-9H2/t11-/m1/s1. The van der Waals surface area contributed by atoms with E-state index in [-0.39, 0.29) is 18.6 Å². The number of rotatable bonds is 3. The van der Waals surface area contributed by atoms with Crippen LogP contribution in [-0.4, -0.2) is 29.1 Å². The highest BCUT2D eigenvalue weighted by Crippen LogP contribution is 2.25. The van der Waals surface area contributed by atoms with Crippen LogP contribution in [0.25, 0.3) is 0 Å². The second-order valence-corrected chi connectivity index (χ2v) is 3.80. The van der Waals surface area contributed by atoms with Crippen LogP contribution in [0.4, 0.5) is 0 Å². The van der Waals surface area contributed by atoms with Gasteiger partial charge in [0, 0.05) is 13.0 Å². The molecule has 0 saturated carbocycles. The summed E-state index contributed by atoms with van der Waals surface area (Å²) in [7, 11) is 0. The maximum absolute atomic E-state index is 11.6. The molecule has 0 unspecified atom stereocenters. The maximum atomic E-state index is 11.6. The average molecular weight is 205 g/mol. The average Bonchev–Trinajstić information content (AvgIpc) is 2.68. The number of nitrogens with zero attached hydrogens (tertiary/aromatic N) is 1. The van der Waals surface area contributed by atoms with Gasteiger partial charge in [-0.15, -0.1) is 0 Å². The Kier molecular flexibility index (Phi) is 3.02. The van der Waals surface area contributed by atoms with Gasteiger partial charge in [0.1, 0.15) is 0 Å². The number of hydrogen-bond acceptors (Lipinski definition) is 2. The van der Waals surface area contributed by atoms with E-state index in [4.69, 9.17) is 0 Å². The zero-order valence-electron chi connectivity index (χ0n) is 8.60. The minimum absolute atomic E-state index is 0.00421. The molecule has 1 fully saturated rings. The van der Waals surface area contributed by atoms with Crippen molar-refractivity contribution >= 4 is 5.91 Å². The van der Waals surface area contributed by atoms with Gasteiger partial charge in [-0.2, -0.15) is 0 Å². The van der Waals surface area contributed by atoms with Crippen molar-refractivity contribution < 1.29 is 9.90 Å². The largest absolute Gasteiger partial charge is 0.394 e. The molecule has 1 N–H and O–H groups in total. The van der Waals surface area contributed by atoms with Crippen molar-refractivity contribution in [2.75, 3.05) is 13.2 Å². The Morgan fingerprint density at radius 1 is 1.33 bits per heavy atom. The van der Waals surface area contributed by atoms with Crippen LogP contribution in [0.5, 0.6) is 0 Å². The first-order chi connectivity index (χ1) is 7.33. The fourth-order valence-corrected chi connectivity index (χ4v) is 2.06. The van der Waals surface area contributed by atoms with E-state index < -0.39 is 0 Å². The third-order valence-electron chi connectivity index (χ3n) is 2.84. The lowest BCUT2D eigenvalue weighted by Gasteiger charge is -2.26. The number of benzene rings is 1. The number of hydrogen-bond donors (Lipinski definition) is 1. The van der Waals surface area contributed by atoms with Gasteiger partial charge in [0.15, 0.2) is 0 Å². The number of carbonyl (C=O) groups is 1. The van der Waals surface area contributed by atoms with Crippen LogP contribution in [0.15, 0.2) is 30.3 Å². The number of amides is 1. The number of likely N-dealkylation sites (tertiary alicyclic amines) is 1. The summed E-state index contributed by atoms with van der Waals surface area (Å²) in [5.41, 5.74) is 1.01. The molecule has 1 aliphatic heterocycles. The van der Waals surface area contributed by atoms with Crippen molar-refractivity contribution in [1.82, 2.24) is 4.90 Å². The first-order valence-corrected chi connectivity index (χ1v) is 5.28. The van der Waals surface area contributed by atoms with Gasteiger partial charge in [-0.1, -0.05) is 30.3 Å². The molecule has 0 spiro atoms. The van der Waals surface area contributed by atoms with Crippen LogP contribution >= 0.6 is 0 Å². The summed E-state index contributed by atoms with van der Waals surface area (Å²) in [4.78, 5) is 13.3. The maximum Gasteiger partial charge on any atom is 0.223 e. The second-order valence-electron chi connectivity index (χ2n) is 3.80. The summed E-state index contributed by atoms with van der Waals surface area (Å²) in [6.45, 7) is 0.759. The third kappa shape index (κ3) is 2.02. The smallest absolute Gasteiger partial charge is 0.223 e. The van der Waals surface area contributed by atoms with E-state index in [2.05, 4.69) is 0 Å². The third-order valence-corrected chi connectivity index (χ3v) is 2.84. The Morgan fingerprint density at radius 3 is 2.60 bits per heavy atom. The van der Waals surface area contributed by atoms with Crippen LogP contribution in [0, 0.1) is 0 Å². The normalized spacial score (nSPS) is 18.2. The second kappa shape index (κ2) is 4.45. The van der Waals surface area contributed by atoms with E-state index in [1.807, 2.05) is 30.3 Å². The van der Waals surface area contributed by atoms with Crippen LogP contribution in [-0.2, 0) is 4.79 Å². The molecule has 1 aliphatic rings. The lowest BCUT2D eigenvalue weighted by molar-refractivity contribution is -0.130. The van der Waals surface area contributed by atoms with E-state index >= 15 is 0 Å². The van der Waals surface area contributed by atoms with Crippen molar-refractivity contribution in [3.8, 4) is 0 Å². The predicted octanol–water partition coefficient (Wildman–Crippen LogP) is 1.34. The molecular formula is C12H15NO2. The van der Waals surface area contributed by atoms with Crippen molar-refractivity contribution in [3.63, 3.8) is 0 Å². The molecule has 2 rings (SSSR count). The van der Waals surface area contributed by atoms with Crippen LogP contribution < -0.4 is 0 Å². The molecular weight excluding hydrogens is 190 g/mol. The van der Waals surface area contributed by atoms with E-state index in [0.29, 0.717) is 6.42 Å². The van der Waals surface area contributed by atoms with Gasteiger partial charge < -0.3 is 10.0 Å². The molecule has 1 saturated heterocycles. The summed E-state index contributed by atoms with van der Waals surface area (Å²) in [5, 5.41) is 9.36. The molecule has 0 aromatic heterocycles. The van der Waals surface area contributed by atoms with Gasteiger partial charge in [0.05, 0.1) is 12.6 Å². The lowest BCUT2D eigenvalue weighted by atomic mass is 10.1. The summed E-state index contributed by atoms with van der Waals surface area (Å²) >= 11 is 0. The van der Waals surface area contributed by atoms with Gasteiger partial charge >= 0.3 is 0 Å². The van der Waals surface area contributed by atoms with E-state index in [9.17, 15) is 9.90 Å². The van der Waals surface area contributed by atoms with Crippen molar-refractivity contribution in [2.24, 2.45) is 0 Å². The zero-order chi connectivity index (χ0) is 10.7. The summed E-state index contributed by atoms with van der Waals surface area (Å²) in [6, 6.07) is 9.53. The van der Waals surface area contributed by atoms with Gasteiger partial charge in [0.25, 0.3) is 0 Å². The van der Waals surface area contributed by atoms with Crippen LogP contribution in [0.1, 0.15) is 24.4 Å². The minimum Gasteiger partial charge on any atom is -0.394 e. The molecule has 1 atom stereocenters. The van der Waals surface area contributed by atoms with E-state index in [1.54, 1.807) is 4.90 Å². The van der Waals surface area contributed by atoms with Crippen molar-refractivity contribution in [1.29, 1.82) is 0 Å². The summed E-state index contributed by atoms with van der Waals surface area (Å²) in [5.74, 6) is 0.151.